The Kier molecular flexibility index (Phi) is 6.40. The molecule has 1 saturated carbocycles. The molecule has 0 spiro atoms. The molecule has 0 bridgehead atoms. The van der Waals surface area contributed by atoms with Gasteiger partial charge in [0.1, 0.15) is 5.02 Å². The van der Waals surface area contributed by atoms with E-state index in [2.05, 4.69) is 11.5 Å². The first kappa shape index (κ1) is 20.1. The lowest BCUT2D eigenvalue weighted by Crippen LogP contribution is -2.55. The number of halogens is 2. The van der Waals surface area contributed by atoms with Crippen LogP contribution in [-0.2, 0) is 11.3 Å². The first-order chi connectivity index (χ1) is 12.9. The minimum absolute atomic E-state index is 0.0760. The number of nitrogens with zero attached hydrogens (tertiary/aromatic N) is 3. The highest BCUT2D eigenvalue weighted by Crippen LogP contribution is 2.34. The Balaban J connectivity index is 1.72. The fourth-order valence-corrected chi connectivity index (χ4v) is 4.55. The summed E-state index contributed by atoms with van der Waals surface area (Å²) in [6, 6.07) is 2.74. The number of carbonyl (C=O) groups is 1. The van der Waals surface area contributed by atoms with Crippen LogP contribution in [0.5, 0.6) is 0 Å². The van der Waals surface area contributed by atoms with Gasteiger partial charge in [-0.05, 0) is 18.9 Å². The highest BCUT2D eigenvalue weighted by Gasteiger charge is 2.34. The molecular formula is C19H23Cl2N3O3. The molecule has 8 heteroatoms. The maximum Gasteiger partial charge on any atom is 0.288 e. The summed E-state index contributed by atoms with van der Waals surface area (Å²) in [5.41, 5.74) is 0.400. The molecule has 0 aromatic heterocycles. The van der Waals surface area contributed by atoms with E-state index in [1.807, 2.05) is 4.90 Å². The molecule has 2 aliphatic rings. The molecule has 1 saturated heterocycles. The van der Waals surface area contributed by atoms with E-state index in [4.69, 9.17) is 23.2 Å². The Morgan fingerprint density at radius 3 is 2.63 bits per heavy atom. The highest BCUT2D eigenvalue weighted by atomic mass is 35.5. The van der Waals surface area contributed by atoms with Gasteiger partial charge in [0.25, 0.3) is 5.69 Å². The maximum absolute atomic E-state index is 12.8. The van der Waals surface area contributed by atoms with Gasteiger partial charge in [0.2, 0.25) is 5.91 Å². The maximum atomic E-state index is 12.8. The lowest BCUT2D eigenvalue weighted by Gasteiger charge is -2.41. The molecule has 1 heterocycles. The normalized spacial score (nSPS) is 21.4. The van der Waals surface area contributed by atoms with Gasteiger partial charge in [-0.25, -0.2) is 0 Å². The summed E-state index contributed by atoms with van der Waals surface area (Å²) in [6.07, 6.45) is 6.00. The van der Waals surface area contributed by atoms with Gasteiger partial charge in [0.05, 0.1) is 11.0 Å². The van der Waals surface area contributed by atoms with E-state index in [0.29, 0.717) is 36.8 Å². The number of rotatable bonds is 5. The van der Waals surface area contributed by atoms with Gasteiger partial charge in [0, 0.05) is 48.7 Å². The van der Waals surface area contributed by atoms with E-state index in [9.17, 15) is 14.9 Å². The lowest BCUT2D eigenvalue weighted by molar-refractivity contribution is -0.384. The molecule has 1 aromatic rings. The molecule has 146 valence electrons. The predicted molar refractivity (Wildman–Crippen MR) is 106 cm³/mol. The third-order valence-electron chi connectivity index (χ3n) is 5.51. The number of amides is 1. The molecule has 1 amide bonds. The topological polar surface area (TPSA) is 66.7 Å². The van der Waals surface area contributed by atoms with Crippen LogP contribution in [0.2, 0.25) is 10.0 Å². The van der Waals surface area contributed by atoms with Crippen molar-refractivity contribution in [2.75, 3.05) is 19.6 Å². The standard InChI is InChI=1S/C19H23Cl2N3O3/c1-2-14-11-22(9-10-23(14)19(25)13-5-3-4-6-13)12-15-16(20)7-8-17(18(15)21)24(26)27/h2,7-8,13-14H,1,3-6,9-12H2/t14-/m0/s1. The van der Waals surface area contributed by atoms with Gasteiger partial charge in [-0.3, -0.25) is 19.8 Å². The van der Waals surface area contributed by atoms with Crippen LogP contribution in [-0.4, -0.2) is 46.3 Å². The summed E-state index contributed by atoms with van der Waals surface area (Å²) < 4.78 is 0. The molecule has 6 nitrogen and oxygen atoms in total. The predicted octanol–water partition coefficient (Wildman–Crippen LogP) is 4.29. The number of benzene rings is 1. The van der Waals surface area contributed by atoms with Crippen LogP contribution in [0.4, 0.5) is 5.69 Å². The number of hydrogen-bond donors (Lipinski definition) is 0. The first-order valence-corrected chi connectivity index (χ1v) is 9.94. The van der Waals surface area contributed by atoms with E-state index in [1.54, 1.807) is 6.08 Å². The smallest absolute Gasteiger partial charge is 0.288 e. The molecule has 0 radical (unpaired) electrons. The van der Waals surface area contributed by atoms with Crippen LogP contribution >= 0.6 is 23.2 Å². The second kappa shape index (κ2) is 8.59. The van der Waals surface area contributed by atoms with E-state index in [-0.39, 0.29) is 28.6 Å². The van der Waals surface area contributed by atoms with Gasteiger partial charge in [-0.2, -0.15) is 0 Å². The molecule has 1 aromatic carbocycles. The molecular weight excluding hydrogens is 389 g/mol. The number of nitro benzene ring substituents is 1. The second-order valence-electron chi connectivity index (χ2n) is 7.17. The summed E-state index contributed by atoms with van der Waals surface area (Å²) in [4.78, 5) is 27.5. The van der Waals surface area contributed by atoms with Crippen molar-refractivity contribution in [1.82, 2.24) is 9.80 Å². The molecule has 0 N–H and O–H groups in total. The average Bonchev–Trinajstić information content (AvgIpc) is 3.18. The van der Waals surface area contributed by atoms with Crippen LogP contribution in [0.15, 0.2) is 24.8 Å². The van der Waals surface area contributed by atoms with Gasteiger partial charge < -0.3 is 4.90 Å². The largest absolute Gasteiger partial charge is 0.333 e. The van der Waals surface area contributed by atoms with Crippen molar-refractivity contribution in [3.8, 4) is 0 Å². The third kappa shape index (κ3) is 4.28. The minimum atomic E-state index is -0.507. The van der Waals surface area contributed by atoms with Crippen LogP contribution in [0.25, 0.3) is 0 Å². The summed E-state index contributed by atoms with van der Waals surface area (Å²) in [7, 11) is 0. The number of piperazine rings is 1. The van der Waals surface area contributed by atoms with Crippen molar-refractivity contribution < 1.29 is 9.72 Å². The Bertz CT molecular complexity index is 750. The van der Waals surface area contributed by atoms with Gasteiger partial charge >= 0.3 is 0 Å². The molecule has 1 atom stereocenters. The SMILES string of the molecule is C=C[C@H]1CN(Cc2c(Cl)ccc([N+](=O)[O-])c2Cl)CCN1C(=O)C1CCCC1. The zero-order chi connectivity index (χ0) is 19.6. The Morgan fingerprint density at radius 2 is 2.00 bits per heavy atom. The Labute approximate surface area is 168 Å². The Morgan fingerprint density at radius 1 is 1.30 bits per heavy atom. The highest BCUT2D eigenvalue weighted by molar-refractivity contribution is 6.37. The zero-order valence-electron chi connectivity index (χ0n) is 15.1. The molecule has 1 aliphatic heterocycles. The van der Waals surface area contributed by atoms with Crippen molar-refractivity contribution in [1.29, 1.82) is 0 Å². The van der Waals surface area contributed by atoms with Crippen LogP contribution < -0.4 is 0 Å². The average molecular weight is 412 g/mol. The molecule has 1 aliphatic carbocycles. The summed E-state index contributed by atoms with van der Waals surface area (Å²) in [5.74, 6) is 0.364. The number of nitro groups is 1. The molecule has 2 fully saturated rings. The van der Waals surface area contributed by atoms with E-state index in [0.717, 1.165) is 25.7 Å². The third-order valence-corrected chi connectivity index (χ3v) is 6.28. The van der Waals surface area contributed by atoms with Gasteiger partial charge in [-0.15, -0.1) is 6.58 Å². The zero-order valence-corrected chi connectivity index (χ0v) is 16.6. The van der Waals surface area contributed by atoms with Crippen molar-refractivity contribution in [3.63, 3.8) is 0 Å². The Hall–Kier alpha value is -1.63. The quantitative estimate of drug-likeness (QED) is 0.411. The van der Waals surface area contributed by atoms with Crippen molar-refractivity contribution in [2.24, 2.45) is 5.92 Å². The molecule has 27 heavy (non-hydrogen) atoms. The second-order valence-corrected chi connectivity index (χ2v) is 7.95. The van der Waals surface area contributed by atoms with Crippen LogP contribution in [0.1, 0.15) is 31.2 Å². The summed E-state index contributed by atoms with van der Waals surface area (Å²) in [5, 5.41) is 11.6. The van der Waals surface area contributed by atoms with E-state index >= 15 is 0 Å². The fraction of sp³-hybridized carbons (Fsp3) is 0.526. The van der Waals surface area contributed by atoms with Crippen LogP contribution in [0, 0.1) is 16.0 Å². The van der Waals surface area contributed by atoms with Gasteiger partial charge in [0.15, 0.2) is 0 Å². The lowest BCUT2D eigenvalue weighted by atomic mass is 10.0. The van der Waals surface area contributed by atoms with E-state index in [1.165, 1.54) is 12.1 Å². The summed E-state index contributed by atoms with van der Waals surface area (Å²) >= 11 is 12.5. The fourth-order valence-electron chi connectivity index (χ4n) is 3.99. The number of carbonyl (C=O) groups excluding carboxylic acids is 1. The van der Waals surface area contributed by atoms with Crippen molar-refractivity contribution >= 4 is 34.8 Å². The van der Waals surface area contributed by atoms with Crippen molar-refractivity contribution in [2.45, 2.75) is 38.3 Å². The minimum Gasteiger partial charge on any atom is -0.333 e. The first-order valence-electron chi connectivity index (χ1n) is 9.19. The van der Waals surface area contributed by atoms with E-state index < -0.39 is 4.92 Å². The van der Waals surface area contributed by atoms with Crippen LogP contribution in [0.3, 0.4) is 0 Å². The number of hydrogen-bond acceptors (Lipinski definition) is 4. The summed E-state index contributed by atoms with van der Waals surface area (Å²) in [6.45, 7) is 6.17. The molecule has 3 rings (SSSR count). The van der Waals surface area contributed by atoms with Gasteiger partial charge in [-0.1, -0.05) is 42.1 Å². The molecule has 0 unspecified atom stereocenters. The monoisotopic (exact) mass is 411 g/mol. The van der Waals surface area contributed by atoms with Crippen molar-refractivity contribution in [3.05, 3.63) is 50.5 Å².